The fourth-order valence-corrected chi connectivity index (χ4v) is 3.41. The molecule has 2 aromatic carbocycles. The number of benzene rings is 2. The Morgan fingerprint density at radius 1 is 1.00 bits per heavy atom. The molecule has 2 heterocycles. The van der Waals surface area contributed by atoms with E-state index < -0.39 is 0 Å². The summed E-state index contributed by atoms with van der Waals surface area (Å²) in [5.41, 5.74) is 7.42. The molecule has 0 radical (unpaired) electrons. The summed E-state index contributed by atoms with van der Waals surface area (Å²) in [6, 6.07) is 17.8. The Kier molecular flexibility index (Phi) is 3.73. The number of ether oxygens (including phenoxy) is 1. The summed E-state index contributed by atoms with van der Waals surface area (Å²) >= 11 is 0. The van der Waals surface area contributed by atoms with Crippen molar-refractivity contribution in [1.29, 1.82) is 0 Å². The molecular formula is C18H19N3O2. The van der Waals surface area contributed by atoms with E-state index in [0.29, 0.717) is 12.3 Å². The first-order chi connectivity index (χ1) is 11.3. The summed E-state index contributed by atoms with van der Waals surface area (Å²) in [6.07, 6.45) is 0.513. The van der Waals surface area contributed by atoms with E-state index in [9.17, 15) is 4.79 Å². The van der Waals surface area contributed by atoms with Crippen LogP contribution in [0.25, 0.3) is 0 Å². The first kappa shape index (κ1) is 14.2. The molecule has 0 aliphatic carbocycles. The van der Waals surface area contributed by atoms with Gasteiger partial charge in [0.15, 0.2) is 0 Å². The molecular weight excluding hydrogens is 290 g/mol. The number of piperidine rings is 1. The predicted octanol–water partition coefficient (Wildman–Crippen LogP) is 2.13. The molecule has 2 aliphatic rings. The maximum Gasteiger partial charge on any atom is 0.221 e. The average Bonchev–Trinajstić information content (AvgIpc) is 3.03. The van der Waals surface area contributed by atoms with Crippen LogP contribution in [0.1, 0.15) is 17.9 Å². The molecule has 118 valence electrons. The number of hydrogen-bond acceptors (Lipinski definition) is 4. The summed E-state index contributed by atoms with van der Waals surface area (Å²) < 4.78 is 5.92. The Bertz CT molecular complexity index is 704. The van der Waals surface area contributed by atoms with Gasteiger partial charge in [-0.3, -0.25) is 10.2 Å². The number of hydrogen-bond donors (Lipinski definition) is 3. The van der Waals surface area contributed by atoms with Crippen LogP contribution in [0.4, 0.5) is 0 Å². The van der Waals surface area contributed by atoms with Gasteiger partial charge in [-0.1, -0.05) is 30.3 Å². The molecule has 2 aromatic rings. The Labute approximate surface area is 135 Å². The highest BCUT2D eigenvalue weighted by molar-refractivity contribution is 5.78. The maximum atomic E-state index is 12.0. The minimum absolute atomic E-state index is 0.0000483. The Morgan fingerprint density at radius 3 is 2.70 bits per heavy atom. The first-order valence-electron chi connectivity index (χ1n) is 7.90. The second-order valence-electron chi connectivity index (χ2n) is 6.03. The lowest BCUT2D eigenvalue weighted by molar-refractivity contribution is -0.124. The van der Waals surface area contributed by atoms with Crippen LogP contribution in [-0.4, -0.2) is 18.6 Å². The minimum Gasteiger partial charge on any atom is -0.457 e. The Balaban J connectivity index is 1.59. The van der Waals surface area contributed by atoms with E-state index in [1.807, 2.05) is 48.5 Å². The van der Waals surface area contributed by atoms with Crippen molar-refractivity contribution in [2.45, 2.75) is 18.5 Å². The topological polar surface area (TPSA) is 62.4 Å². The number of para-hydroxylation sites is 1. The number of hydrazine groups is 1. The number of amides is 1. The standard InChI is InChI=1S/C18H19N3O2/c22-17-10-15(16-11-19-21-18(16)20-17)12-5-4-8-14(9-12)23-13-6-2-1-3-7-13/h1-9,15-16,18-19,21H,10-11H2,(H,20,22). The monoisotopic (exact) mass is 309 g/mol. The maximum absolute atomic E-state index is 12.0. The lowest BCUT2D eigenvalue weighted by atomic mass is 9.79. The third kappa shape index (κ3) is 2.93. The van der Waals surface area contributed by atoms with Crippen LogP contribution in [0.2, 0.25) is 0 Å². The van der Waals surface area contributed by atoms with Crippen LogP contribution in [0.5, 0.6) is 11.5 Å². The highest BCUT2D eigenvalue weighted by Gasteiger charge is 2.40. The molecule has 4 rings (SSSR count). The van der Waals surface area contributed by atoms with E-state index in [2.05, 4.69) is 22.2 Å². The van der Waals surface area contributed by atoms with Gasteiger partial charge >= 0.3 is 0 Å². The van der Waals surface area contributed by atoms with Gasteiger partial charge < -0.3 is 10.1 Å². The molecule has 1 amide bonds. The van der Waals surface area contributed by atoms with Crippen molar-refractivity contribution < 1.29 is 9.53 Å². The first-order valence-corrected chi connectivity index (χ1v) is 7.90. The molecule has 2 saturated heterocycles. The number of rotatable bonds is 3. The normalized spacial score (nSPS) is 26.4. The molecule has 0 saturated carbocycles. The van der Waals surface area contributed by atoms with Gasteiger partial charge in [0.2, 0.25) is 5.91 Å². The number of fused-ring (bicyclic) bond motifs is 1. The summed E-state index contributed by atoms with van der Waals surface area (Å²) in [4.78, 5) is 12.0. The zero-order chi connectivity index (χ0) is 15.6. The largest absolute Gasteiger partial charge is 0.457 e. The van der Waals surface area contributed by atoms with E-state index in [0.717, 1.165) is 23.6 Å². The molecule has 5 nitrogen and oxygen atoms in total. The van der Waals surface area contributed by atoms with Crippen molar-refractivity contribution >= 4 is 5.91 Å². The van der Waals surface area contributed by atoms with Gasteiger partial charge in [0, 0.05) is 24.8 Å². The molecule has 0 spiro atoms. The fourth-order valence-electron chi connectivity index (χ4n) is 3.41. The predicted molar refractivity (Wildman–Crippen MR) is 86.9 cm³/mol. The number of nitrogens with one attached hydrogen (secondary N) is 3. The Morgan fingerprint density at radius 2 is 1.83 bits per heavy atom. The average molecular weight is 309 g/mol. The lowest BCUT2D eigenvalue weighted by Gasteiger charge is -2.33. The molecule has 0 bridgehead atoms. The molecule has 5 heteroatoms. The second-order valence-corrected chi connectivity index (χ2v) is 6.03. The zero-order valence-corrected chi connectivity index (χ0v) is 12.7. The summed E-state index contributed by atoms with van der Waals surface area (Å²) in [5, 5.41) is 2.99. The molecule has 23 heavy (non-hydrogen) atoms. The van der Waals surface area contributed by atoms with Gasteiger partial charge in [-0.15, -0.1) is 0 Å². The van der Waals surface area contributed by atoms with Crippen LogP contribution in [0, 0.1) is 5.92 Å². The van der Waals surface area contributed by atoms with Gasteiger partial charge in [0.1, 0.15) is 11.5 Å². The van der Waals surface area contributed by atoms with E-state index in [4.69, 9.17) is 4.74 Å². The van der Waals surface area contributed by atoms with E-state index in [1.165, 1.54) is 0 Å². The van der Waals surface area contributed by atoms with Crippen molar-refractivity contribution in [3.8, 4) is 11.5 Å². The van der Waals surface area contributed by atoms with Gasteiger partial charge in [-0.2, -0.15) is 0 Å². The number of carbonyl (C=O) groups excluding carboxylic acids is 1. The lowest BCUT2D eigenvalue weighted by Crippen LogP contribution is -2.52. The van der Waals surface area contributed by atoms with Crippen molar-refractivity contribution in [1.82, 2.24) is 16.2 Å². The summed E-state index contributed by atoms with van der Waals surface area (Å²) in [5.74, 6) is 2.24. The molecule has 2 aliphatic heterocycles. The van der Waals surface area contributed by atoms with Crippen molar-refractivity contribution in [2.24, 2.45) is 5.92 Å². The molecule has 3 N–H and O–H groups in total. The second kappa shape index (κ2) is 6.02. The number of carbonyl (C=O) groups is 1. The summed E-state index contributed by atoms with van der Waals surface area (Å²) in [7, 11) is 0. The van der Waals surface area contributed by atoms with Gasteiger partial charge in [0.25, 0.3) is 0 Å². The molecule has 3 unspecified atom stereocenters. The quantitative estimate of drug-likeness (QED) is 0.813. The third-order valence-corrected chi connectivity index (χ3v) is 4.53. The smallest absolute Gasteiger partial charge is 0.221 e. The highest BCUT2D eigenvalue weighted by atomic mass is 16.5. The van der Waals surface area contributed by atoms with Crippen LogP contribution in [0.15, 0.2) is 54.6 Å². The van der Waals surface area contributed by atoms with Gasteiger partial charge in [-0.25, -0.2) is 5.43 Å². The van der Waals surface area contributed by atoms with Crippen LogP contribution >= 0.6 is 0 Å². The molecule has 0 aromatic heterocycles. The zero-order valence-electron chi connectivity index (χ0n) is 12.7. The highest BCUT2D eigenvalue weighted by Crippen LogP contribution is 2.36. The van der Waals surface area contributed by atoms with E-state index in [1.54, 1.807) is 0 Å². The Hall–Kier alpha value is -2.37. The molecule has 2 fully saturated rings. The van der Waals surface area contributed by atoms with Gasteiger partial charge in [0.05, 0.1) is 6.17 Å². The summed E-state index contributed by atoms with van der Waals surface area (Å²) in [6.45, 7) is 0.847. The van der Waals surface area contributed by atoms with E-state index in [-0.39, 0.29) is 18.0 Å². The van der Waals surface area contributed by atoms with Crippen molar-refractivity contribution in [2.75, 3.05) is 6.54 Å². The van der Waals surface area contributed by atoms with Crippen LogP contribution in [0.3, 0.4) is 0 Å². The van der Waals surface area contributed by atoms with Crippen molar-refractivity contribution in [3.05, 3.63) is 60.2 Å². The third-order valence-electron chi connectivity index (χ3n) is 4.53. The van der Waals surface area contributed by atoms with Gasteiger partial charge in [-0.05, 0) is 29.8 Å². The van der Waals surface area contributed by atoms with E-state index >= 15 is 0 Å². The fraction of sp³-hybridized carbons (Fsp3) is 0.278. The van der Waals surface area contributed by atoms with Crippen molar-refractivity contribution in [3.63, 3.8) is 0 Å². The minimum atomic E-state index is -0.0000483. The van der Waals surface area contributed by atoms with Crippen LogP contribution < -0.4 is 20.9 Å². The molecule has 3 atom stereocenters. The van der Waals surface area contributed by atoms with Crippen LogP contribution in [-0.2, 0) is 4.79 Å². The SMILES string of the molecule is O=C1CC(c2cccc(Oc3ccccc3)c2)C2CNNC2N1.